The quantitative estimate of drug-likeness (QED) is 0.760. The van der Waals surface area contributed by atoms with Gasteiger partial charge in [-0.2, -0.15) is 0 Å². The van der Waals surface area contributed by atoms with E-state index >= 15 is 0 Å². The average Bonchev–Trinajstić information content (AvgIpc) is 2.26. The molecule has 0 saturated heterocycles. The second kappa shape index (κ2) is 3.92. The van der Waals surface area contributed by atoms with Crippen molar-refractivity contribution in [2.75, 3.05) is 0 Å². The Bertz CT molecular complexity index is 640. The Balaban J connectivity index is 2.90. The highest BCUT2D eigenvalue weighted by Gasteiger charge is 2.07. The van der Waals surface area contributed by atoms with Gasteiger partial charge in [-0.15, -0.1) is 0 Å². The van der Waals surface area contributed by atoms with Gasteiger partial charge in [0.05, 0.1) is 5.52 Å². The van der Waals surface area contributed by atoms with Crippen LogP contribution in [0.15, 0.2) is 21.9 Å². The van der Waals surface area contributed by atoms with Gasteiger partial charge < -0.3 is 9.55 Å². The van der Waals surface area contributed by atoms with Crippen LogP contribution in [0.2, 0.25) is 0 Å². The van der Waals surface area contributed by atoms with Crippen LogP contribution < -0.4 is 11.1 Å². The Morgan fingerprint density at radius 2 is 2.19 bits per heavy atom. The van der Waals surface area contributed by atoms with E-state index < -0.39 is 11.1 Å². The normalized spacial score (nSPS) is 10.9. The first-order chi connectivity index (χ1) is 7.63. The van der Waals surface area contributed by atoms with Gasteiger partial charge in [0.1, 0.15) is 0 Å². The molecule has 1 N–H and O–H groups in total. The summed E-state index contributed by atoms with van der Waals surface area (Å²) < 4.78 is 1.48. The molecule has 16 heavy (non-hydrogen) atoms. The van der Waals surface area contributed by atoms with E-state index in [9.17, 15) is 9.59 Å². The molecule has 0 aliphatic heterocycles. The van der Waals surface area contributed by atoms with E-state index in [2.05, 4.69) is 9.97 Å². The average molecular weight is 219 g/mol. The molecule has 0 unspecified atom stereocenters. The lowest BCUT2D eigenvalue weighted by Crippen LogP contribution is -2.36. The number of aryl methyl sites for hydroxylation is 2. The molecule has 2 aromatic rings. The first-order valence-corrected chi connectivity index (χ1v) is 5.23. The standard InChI is InChI=1S/C11H13N3O2/c1-3-4-14-8-5-7(2)6-12-9(8)13-10(15)11(14)16/h5-6H,3-4H2,1-2H3,(H,12,13,15). The highest BCUT2D eigenvalue weighted by atomic mass is 16.2. The van der Waals surface area contributed by atoms with Crippen LogP contribution in [0.4, 0.5) is 0 Å². The van der Waals surface area contributed by atoms with Gasteiger partial charge in [0.25, 0.3) is 0 Å². The van der Waals surface area contributed by atoms with Crippen LogP contribution in [0.5, 0.6) is 0 Å². The van der Waals surface area contributed by atoms with Crippen molar-refractivity contribution in [2.24, 2.45) is 0 Å². The summed E-state index contributed by atoms with van der Waals surface area (Å²) in [6, 6.07) is 1.86. The number of nitrogens with one attached hydrogen (secondary N) is 1. The summed E-state index contributed by atoms with van der Waals surface area (Å²) >= 11 is 0. The van der Waals surface area contributed by atoms with Crippen LogP contribution in [0.25, 0.3) is 11.2 Å². The van der Waals surface area contributed by atoms with Crippen molar-refractivity contribution in [1.82, 2.24) is 14.5 Å². The van der Waals surface area contributed by atoms with Crippen molar-refractivity contribution in [3.05, 3.63) is 38.5 Å². The zero-order valence-electron chi connectivity index (χ0n) is 9.28. The summed E-state index contributed by atoms with van der Waals surface area (Å²) in [6.07, 6.45) is 2.46. The molecule has 5 heteroatoms. The molecule has 84 valence electrons. The lowest BCUT2D eigenvalue weighted by molar-refractivity contribution is 0.667. The molecule has 0 aliphatic rings. The van der Waals surface area contributed by atoms with Crippen molar-refractivity contribution in [1.29, 1.82) is 0 Å². The van der Waals surface area contributed by atoms with Gasteiger partial charge in [-0.1, -0.05) is 6.92 Å². The zero-order chi connectivity index (χ0) is 11.7. The second-order valence-electron chi connectivity index (χ2n) is 3.79. The monoisotopic (exact) mass is 219 g/mol. The minimum Gasteiger partial charge on any atom is -0.301 e. The van der Waals surface area contributed by atoms with Gasteiger partial charge in [-0.25, -0.2) is 4.98 Å². The van der Waals surface area contributed by atoms with Crippen LogP contribution in [-0.2, 0) is 6.54 Å². The molecular formula is C11H13N3O2. The van der Waals surface area contributed by atoms with Crippen LogP contribution in [-0.4, -0.2) is 14.5 Å². The Morgan fingerprint density at radius 3 is 2.88 bits per heavy atom. The van der Waals surface area contributed by atoms with Crippen molar-refractivity contribution in [2.45, 2.75) is 26.8 Å². The highest BCUT2D eigenvalue weighted by Crippen LogP contribution is 2.07. The maximum atomic E-state index is 11.7. The predicted octanol–water partition coefficient (Wildman–Crippen LogP) is 0.803. The number of rotatable bonds is 2. The van der Waals surface area contributed by atoms with Gasteiger partial charge in [0, 0.05) is 12.7 Å². The Morgan fingerprint density at radius 1 is 1.44 bits per heavy atom. The number of aromatic amines is 1. The third kappa shape index (κ3) is 1.64. The SMILES string of the molecule is CCCn1c(=O)c(=O)[nH]c2ncc(C)cc21. The van der Waals surface area contributed by atoms with Gasteiger partial charge in [-0.3, -0.25) is 9.59 Å². The molecule has 0 amide bonds. The summed E-state index contributed by atoms with van der Waals surface area (Å²) in [5.41, 5.74) is 0.984. The Labute approximate surface area is 91.8 Å². The molecule has 2 heterocycles. The summed E-state index contributed by atoms with van der Waals surface area (Å²) in [4.78, 5) is 29.7. The molecule has 0 aromatic carbocycles. The van der Waals surface area contributed by atoms with E-state index in [0.717, 1.165) is 12.0 Å². The topological polar surface area (TPSA) is 67.8 Å². The van der Waals surface area contributed by atoms with Crippen LogP contribution >= 0.6 is 0 Å². The molecule has 0 atom stereocenters. The van der Waals surface area contributed by atoms with E-state index in [1.807, 2.05) is 19.9 Å². The molecule has 2 aromatic heterocycles. The number of aromatic nitrogens is 3. The van der Waals surface area contributed by atoms with E-state index in [0.29, 0.717) is 17.7 Å². The molecule has 0 aliphatic carbocycles. The zero-order valence-corrected chi connectivity index (χ0v) is 9.28. The fourth-order valence-corrected chi connectivity index (χ4v) is 1.69. The predicted molar refractivity (Wildman–Crippen MR) is 61.7 cm³/mol. The van der Waals surface area contributed by atoms with Crippen molar-refractivity contribution in [3.8, 4) is 0 Å². The second-order valence-corrected chi connectivity index (χ2v) is 3.79. The van der Waals surface area contributed by atoms with Crippen molar-refractivity contribution >= 4 is 11.2 Å². The minimum atomic E-state index is -0.614. The Kier molecular flexibility index (Phi) is 2.60. The highest BCUT2D eigenvalue weighted by molar-refractivity contribution is 5.70. The molecule has 0 bridgehead atoms. The third-order valence-electron chi connectivity index (χ3n) is 2.41. The molecular weight excluding hydrogens is 206 g/mol. The maximum Gasteiger partial charge on any atom is 0.316 e. The molecule has 0 spiro atoms. The van der Waals surface area contributed by atoms with Crippen LogP contribution in [0.3, 0.4) is 0 Å². The minimum absolute atomic E-state index is 0.462. The van der Waals surface area contributed by atoms with Crippen LogP contribution in [0, 0.1) is 6.92 Å². The van der Waals surface area contributed by atoms with Crippen molar-refractivity contribution in [3.63, 3.8) is 0 Å². The molecule has 0 saturated carbocycles. The molecule has 5 nitrogen and oxygen atoms in total. The van der Waals surface area contributed by atoms with E-state index in [4.69, 9.17) is 0 Å². The fraction of sp³-hybridized carbons (Fsp3) is 0.364. The van der Waals surface area contributed by atoms with Crippen LogP contribution in [0.1, 0.15) is 18.9 Å². The first-order valence-electron chi connectivity index (χ1n) is 5.23. The number of fused-ring (bicyclic) bond motifs is 1. The van der Waals surface area contributed by atoms with Gasteiger partial charge >= 0.3 is 11.1 Å². The summed E-state index contributed by atoms with van der Waals surface area (Å²) in [7, 11) is 0. The number of hydrogen-bond acceptors (Lipinski definition) is 3. The Hall–Kier alpha value is -1.91. The van der Waals surface area contributed by atoms with Gasteiger partial charge in [0.15, 0.2) is 5.65 Å². The van der Waals surface area contributed by atoms with Gasteiger partial charge in [0.2, 0.25) is 0 Å². The van der Waals surface area contributed by atoms with E-state index in [1.54, 1.807) is 6.20 Å². The number of nitrogens with zero attached hydrogens (tertiary/aromatic N) is 2. The summed E-state index contributed by atoms with van der Waals surface area (Å²) in [6.45, 7) is 4.39. The molecule has 2 rings (SSSR count). The summed E-state index contributed by atoms with van der Waals surface area (Å²) in [5, 5.41) is 0. The lowest BCUT2D eigenvalue weighted by Gasteiger charge is -2.07. The fourth-order valence-electron chi connectivity index (χ4n) is 1.69. The maximum absolute atomic E-state index is 11.7. The summed E-state index contributed by atoms with van der Waals surface area (Å²) in [5.74, 6) is 0. The third-order valence-corrected chi connectivity index (χ3v) is 2.41. The number of H-pyrrole nitrogens is 1. The van der Waals surface area contributed by atoms with Crippen molar-refractivity contribution < 1.29 is 0 Å². The number of pyridine rings is 1. The van der Waals surface area contributed by atoms with E-state index in [1.165, 1.54) is 4.57 Å². The van der Waals surface area contributed by atoms with Gasteiger partial charge in [-0.05, 0) is 25.0 Å². The largest absolute Gasteiger partial charge is 0.316 e. The first kappa shape index (κ1) is 10.6. The molecule has 0 radical (unpaired) electrons. The lowest BCUT2D eigenvalue weighted by atomic mass is 10.3. The smallest absolute Gasteiger partial charge is 0.301 e. The van der Waals surface area contributed by atoms with E-state index in [-0.39, 0.29) is 0 Å². The number of hydrogen-bond donors (Lipinski definition) is 1. The molecule has 0 fully saturated rings.